The van der Waals surface area contributed by atoms with Crippen LogP contribution >= 0.6 is 0 Å². The summed E-state index contributed by atoms with van der Waals surface area (Å²) in [5.41, 5.74) is 6.14. The van der Waals surface area contributed by atoms with E-state index in [1.165, 1.54) is 22.3 Å². The summed E-state index contributed by atoms with van der Waals surface area (Å²) in [7, 11) is 0. The second kappa shape index (κ2) is 10.1. The summed E-state index contributed by atoms with van der Waals surface area (Å²) < 4.78 is 11.4. The van der Waals surface area contributed by atoms with Crippen LogP contribution < -0.4 is 0 Å². The number of rotatable bonds is 10. The van der Waals surface area contributed by atoms with Gasteiger partial charge in [0.2, 0.25) is 0 Å². The number of carbonyl (C=O) groups is 1. The molecule has 2 aromatic carbocycles. The van der Waals surface area contributed by atoms with Crippen LogP contribution in [0.15, 0.2) is 59.9 Å². The van der Waals surface area contributed by atoms with Gasteiger partial charge in [0, 0.05) is 12.8 Å². The highest BCUT2D eigenvalue weighted by Crippen LogP contribution is 2.34. The first-order chi connectivity index (χ1) is 13.6. The highest BCUT2D eigenvalue weighted by molar-refractivity contribution is 5.69. The van der Waals surface area contributed by atoms with Crippen LogP contribution in [0.2, 0.25) is 0 Å². The van der Waals surface area contributed by atoms with Gasteiger partial charge in [-0.15, -0.1) is 0 Å². The first-order valence-electron chi connectivity index (χ1n) is 10.2. The molecule has 0 heterocycles. The second-order valence-corrected chi connectivity index (χ2v) is 7.65. The van der Waals surface area contributed by atoms with E-state index in [2.05, 4.69) is 31.2 Å². The molecule has 3 nitrogen and oxygen atoms in total. The number of carbonyl (C=O) groups excluding carboxylic acids is 1. The summed E-state index contributed by atoms with van der Waals surface area (Å²) in [5.74, 6) is 1.01. The van der Waals surface area contributed by atoms with Gasteiger partial charge in [0.25, 0.3) is 0 Å². The zero-order valence-corrected chi connectivity index (χ0v) is 17.0. The summed E-state index contributed by atoms with van der Waals surface area (Å²) in [4.78, 5) is 11.9. The van der Waals surface area contributed by atoms with Crippen molar-refractivity contribution >= 4 is 5.97 Å². The molecule has 1 aliphatic carbocycles. The number of hydrogen-bond acceptors (Lipinski definition) is 3. The SMILES string of the molecule is Cc1ccc(COC(=O)CCCCC(OCc2ccc(C)cc2)=C2CC2)cc1. The van der Waals surface area contributed by atoms with E-state index in [9.17, 15) is 4.79 Å². The van der Waals surface area contributed by atoms with E-state index < -0.39 is 0 Å². The molecule has 0 aromatic heterocycles. The Morgan fingerprint density at radius 1 is 0.750 bits per heavy atom. The van der Waals surface area contributed by atoms with E-state index in [0.717, 1.165) is 43.4 Å². The van der Waals surface area contributed by atoms with E-state index in [0.29, 0.717) is 19.6 Å². The van der Waals surface area contributed by atoms with Crippen molar-refractivity contribution in [3.05, 3.63) is 82.1 Å². The van der Waals surface area contributed by atoms with Crippen LogP contribution in [-0.2, 0) is 27.5 Å². The smallest absolute Gasteiger partial charge is 0.306 e. The summed E-state index contributed by atoms with van der Waals surface area (Å²) in [6.07, 6.45) is 5.46. The van der Waals surface area contributed by atoms with Gasteiger partial charge in [-0.25, -0.2) is 0 Å². The summed E-state index contributed by atoms with van der Waals surface area (Å²) in [6, 6.07) is 16.5. The first-order valence-corrected chi connectivity index (χ1v) is 10.2. The third kappa shape index (κ3) is 6.88. The van der Waals surface area contributed by atoms with Crippen molar-refractivity contribution in [1.29, 1.82) is 0 Å². The summed E-state index contributed by atoms with van der Waals surface area (Å²) in [5, 5.41) is 0. The van der Waals surface area contributed by atoms with Crippen molar-refractivity contribution in [2.75, 3.05) is 0 Å². The molecule has 28 heavy (non-hydrogen) atoms. The van der Waals surface area contributed by atoms with E-state index in [4.69, 9.17) is 9.47 Å². The van der Waals surface area contributed by atoms with Crippen LogP contribution in [0.1, 0.15) is 60.8 Å². The molecule has 0 saturated heterocycles. The number of aryl methyl sites for hydroxylation is 2. The monoisotopic (exact) mass is 378 g/mol. The molecule has 0 amide bonds. The Labute approximate surface area is 168 Å². The quantitative estimate of drug-likeness (QED) is 0.282. The topological polar surface area (TPSA) is 35.5 Å². The van der Waals surface area contributed by atoms with Gasteiger partial charge in [-0.2, -0.15) is 0 Å². The molecular formula is C25H30O3. The van der Waals surface area contributed by atoms with Crippen molar-refractivity contribution in [1.82, 2.24) is 0 Å². The molecule has 148 valence electrons. The molecular weight excluding hydrogens is 348 g/mol. The molecule has 1 saturated carbocycles. The minimum atomic E-state index is -0.123. The Balaban J connectivity index is 1.33. The van der Waals surface area contributed by atoms with E-state index >= 15 is 0 Å². The highest BCUT2D eigenvalue weighted by Gasteiger charge is 2.19. The Hall–Kier alpha value is -2.55. The molecule has 0 unspecified atom stereocenters. The Kier molecular flexibility index (Phi) is 7.30. The normalized spacial score (nSPS) is 12.6. The van der Waals surface area contributed by atoms with Crippen molar-refractivity contribution in [3.8, 4) is 0 Å². The van der Waals surface area contributed by atoms with E-state index in [-0.39, 0.29) is 5.97 Å². The van der Waals surface area contributed by atoms with Gasteiger partial charge in [0.05, 0.1) is 5.76 Å². The fourth-order valence-corrected chi connectivity index (χ4v) is 3.02. The third-order valence-electron chi connectivity index (χ3n) is 4.98. The lowest BCUT2D eigenvalue weighted by Gasteiger charge is -2.11. The van der Waals surface area contributed by atoms with Crippen LogP contribution in [0, 0.1) is 13.8 Å². The molecule has 2 aromatic rings. The minimum Gasteiger partial charge on any atom is -0.493 e. The zero-order chi connectivity index (χ0) is 19.8. The largest absolute Gasteiger partial charge is 0.493 e. The Morgan fingerprint density at radius 3 is 1.79 bits per heavy atom. The number of allylic oxidation sites excluding steroid dienone is 2. The van der Waals surface area contributed by atoms with Crippen molar-refractivity contribution in [2.45, 2.75) is 65.6 Å². The number of hydrogen-bond donors (Lipinski definition) is 0. The van der Waals surface area contributed by atoms with Gasteiger partial charge in [-0.3, -0.25) is 4.79 Å². The van der Waals surface area contributed by atoms with E-state index in [1.807, 2.05) is 31.2 Å². The van der Waals surface area contributed by atoms with Crippen LogP contribution in [-0.4, -0.2) is 5.97 Å². The average molecular weight is 379 g/mol. The molecule has 1 aliphatic rings. The zero-order valence-electron chi connectivity index (χ0n) is 17.0. The lowest BCUT2D eigenvalue weighted by molar-refractivity contribution is -0.145. The lowest BCUT2D eigenvalue weighted by Crippen LogP contribution is -2.04. The van der Waals surface area contributed by atoms with Crippen molar-refractivity contribution in [2.24, 2.45) is 0 Å². The maximum atomic E-state index is 11.9. The highest BCUT2D eigenvalue weighted by atomic mass is 16.5. The van der Waals surface area contributed by atoms with Crippen molar-refractivity contribution in [3.63, 3.8) is 0 Å². The van der Waals surface area contributed by atoms with Gasteiger partial charge in [-0.1, -0.05) is 59.7 Å². The first kappa shape index (κ1) is 20.2. The molecule has 0 radical (unpaired) electrons. The molecule has 0 atom stereocenters. The summed E-state index contributed by atoms with van der Waals surface area (Å²) in [6.45, 7) is 5.12. The maximum absolute atomic E-state index is 11.9. The Morgan fingerprint density at radius 2 is 1.25 bits per heavy atom. The standard InChI is InChI=1S/C25H30O3/c1-19-7-11-21(12-8-19)17-27-24(23-15-16-23)5-3-4-6-25(26)28-18-22-13-9-20(2)10-14-22/h7-14H,3-6,15-18H2,1-2H3. The van der Waals surface area contributed by atoms with Crippen LogP contribution in [0.25, 0.3) is 0 Å². The van der Waals surface area contributed by atoms with Gasteiger partial charge in [0.15, 0.2) is 0 Å². The van der Waals surface area contributed by atoms with Crippen LogP contribution in [0.5, 0.6) is 0 Å². The number of benzene rings is 2. The third-order valence-corrected chi connectivity index (χ3v) is 4.98. The molecule has 0 bridgehead atoms. The fourth-order valence-electron chi connectivity index (χ4n) is 3.02. The number of unbranched alkanes of at least 4 members (excludes halogenated alkanes) is 1. The fraction of sp³-hybridized carbons (Fsp3) is 0.400. The number of ether oxygens (including phenoxy) is 2. The predicted molar refractivity (Wildman–Crippen MR) is 112 cm³/mol. The van der Waals surface area contributed by atoms with Gasteiger partial charge < -0.3 is 9.47 Å². The molecule has 0 spiro atoms. The summed E-state index contributed by atoms with van der Waals surface area (Å²) >= 11 is 0. The van der Waals surface area contributed by atoms with Crippen LogP contribution in [0.4, 0.5) is 0 Å². The molecule has 1 fully saturated rings. The number of esters is 1. The predicted octanol–water partition coefficient (Wildman–Crippen LogP) is 6.17. The van der Waals surface area contributed by atoms with Gasteiger partial charge in [0.1, 0.15) is 13.2 Å². The van der Waals surface area contributed by atoms with Gasteiger partial charge >= 0.3 is 5.97 Å². The Bertz CT molecular complexity index is 795. The maximum Gasteiger partial charge on any atom is 0.306 e. The second-order valence-electron chi connectivity index (χ2n) is 7.65. The van der Waals surface area contributed by atoms with Crippen molar-refractivity contribution < 1.29 is 14.3 Å². The molecule has 0 aliphatic heterocycles. The molecule has 3 heteroatoms. The minimum absolute atomic E-state index is 0.123. The molecule has 3 rings (SSSR count). The lowest BCUT2D eigenvalue weighted by atomic mass is 10.1. The van der Waals surface area contributed by atoms with Gasteiger partial charge in [-0.05, 0) is 56.2 Å². The average Bonchev–Trinajstić information content (AvgIpc) is 3.53. The molecule has 0 N–H and O–H groups in total. The van der Waals surface area contributed by atoms with E-state index in [1.54, 1.807) is 0 Å². The van der Waals surface area contributed by atoms with Crippen LogP contribution in [0.3, 0.4) is 0 Å².